The number of ether oxygens (including phenoxy) is 1. The molecule has 0 unspecified atom stereocenters. The Bertz CT molecular complexity index is 523. The smallest absolute Gasteiger partial charge is 0.0921 e. The number of epoxide rings is 1. The molecule has 2 rings (SSSR count). The topological polar surface area (TPSA) is 45.7 Å². The monoisotopic (exact) mass is 323 g/mol. The molecule has 0 bridgehead atoms. The summed E-state index contributed by atoms with van der Waals surface area (Å²) in [5, 5.41) is 13.4. The second-order valence-corrected chi connectivity index (χ2v) is 8.20. The van der Waals surface area contributed by atoms with Crippen molar-refractivity contribution in [1.82, 2.24) is 4.98 Å². The van der Waals surface area contributed by atoms with Gasteiger partial charge in [0.05, 0.1) is 28.5 Å². The second-order valence-electron chi connectivity index (χ2n) is 7.14. The van der Waals surface area contributed by atoms with E-state index >= 15 is 0 Å². The lowest BCUT2D eigenvalue weighted by molar-refractivity contribution is 0.185. The molecule has 1 fully saturated rings. The zero-order chi connectivity index (χ0) is 16.3. The molecule has 0 aliphatic carbocycles. The molecule has 4 heteroatoms. The lowest BCUT2D eigenvalue weighted by Gasteiger charge is -2.12. The number of thiazole rings is 1. The first-order valence-electron chi connectivity index (χ1n) is 8.26. The Morgan fingerprint density at radius 3 is 2.86 bits per heavy atom. The van der Waals surface area contributed by atoms with Crippen LogP contribution in [0.2, 0.25) is 0 Å². The molecule has 22 heavy (non-hydrogen) atoms. The fourth-order valence-corrected chi connectivity index (χ4v) is 3.40. The molecule has 0 amide bonds. The molecule has 1 aromatic rings. The third-order valence-electron chi connectivity index (χ3n) is 4.47. The molecule has 1 aliphatic rings. The van der Waals surface area contributed by atoms with Gasteiger partial charge in [0.15, 0.2) is 0 Å². The molecule has 1 saturated heterocycles. The Morgan fingerprint density at radius 1 is 1.55 bits per heavy atom. The average Bonchev–Trinajstić information content (AvgIpc) is 2.85. The van der Waals surface area contributed by atoms with E-state index in [-0.39, 0.29) is 11.7 Å². The lowest BCUT2D eigenvalue weighted by atomic mass is 9.93. The molecule has 1 aliphatic heterocycles. The first-order valence-corrected chi connectivity index (χ1v) is 9.14. The van der Waals surface area contributed by atoms with Crippen molar-refractivity contribution in [2.75, 3.05) is 0 Å². The summed E-state index contributed by atoms with van der Waals surface area (Å²) < 4.78 is 5.86. The maximum atomic E-state index is 10.4. The molecule has 0 saturated carbocycles. The third kappa shape index (κ3) is 4.90. The van der Waals surface area contributed by atoms with E-state index in [9.17, 15) is 5.11 Å². The van der Waals surface area contributed by atoms with Crippen molar-refractivity contribution in [1.29, 1.82) is 0 Å². The van der Waals surface area contributed by atoms with Crippen LogP contribution in [0, 0.1) is 12.8 Å². The third-order valence-corrected chi connectivity index (χ3v) is 5.26. The summed E-state index contributed by atoms with van der Waals surface area (Å²) >= 11 is 1.63. The average molecular weight is 324 g/mol. The van der Waals surface area contributed by atoms with E-state index in [0.717, 1.165) is 28.6 Å². The highest BCUT2D eigenvalue weighted by atomic mass is 32.1. The maximum Gasteiger partial charge on any atom is 0.0921 e. The minimum Gasteiger partial charge on any atom is -0.389 e. The number of hydrogen-bond donors (Lipinski definition) is 1. The van der Waals surface area contributed by atoms with Gasteiger partial charge in [-0.25, -0.2) is 4.98 Å². The Kier molecular flexibility index (Phi) is 5.81. The number of rotatable bonds is 8. The second kappa shape index (κ2) is 7.24. The Balaban J connectivity index is 1.80. The molecule has 0 spiro atoms. The van der Waals surface area contributed by atoms with E-state index in [2.05, 4.69) is 25.8 Å². The minimum atomic E-state index is -0.445. The first-order chi connectivity index (χ1) is 10.3. The molecule has 1 aromatic heterocycles. The highest BCUT2D eigenvalue weighted by Crippen LogP contribution is 2.44. The van der Waals surface area contributed by atoms with Gasteiger partial charge in [0.2, 0.25) is 0 Å². The fourth-order valence-electron chi connectivity index (χ4n) is 2.83. The van der Waals surface area contributed by atoms with E-state index in [1.807, 2.05) is 25.3 Å². The van der Waals surface area contributed by atoms with Gasteiger partial charge in [0, 0.05) is 11.8 Å². The van der Waals surface area contributed by atoms with E-state index in [1.165, 1.54) is 12.8 Å². The van der Waals surface area contributed by atoms with Crippen LogP contribution in [0.25, 0.3) is 6.08 Å². The molecule has 2 heterocycles. The van der Waals surface area contributed by atoms with Crippen molar-refractivity contribution < 1.29 is 9.84 Å². The van der Waals surface area contributed by atoms with Gasteiger partial charge >= 0.3 is 0 Å². The molecule has 1 N–H and O–H groups in total. The van der Waals surface area contributed by atoms with Crippen LogP contribution in [0.15, 0.2) is 11.0 Å². The zero-order valence-corrected chi connectivity index (χ0v) is 15.2. The van der Waals surface area contributed by atoms with Crippen molar-refractivity contribution in [2.24, 2.45) is 5.92 Å². The van der Waals surface area contributed by atoms with Crippen LogP contribution in [0.5, 0.6) is 0 Å². The van der Waals surface area contributed by atoms with Gasteiger partial charge in [-0.2, -0.15) is 0 Å². The fraction of sp³-hybridized carbons (Fsp3) is 0.722. The largest absolute Gasteiger partial charge is 0.389 e. The van der Waals surface area contributed by atoms with Gasteiger partial charge in [-0.3, -0.25) is 0 Å². The summed E-state index contributed by atoms with van der Waals surface area (Å²) in [6.45, 7) is 10.6. The summed E-state index contributed by atoms with van der Waals surface area (Å²) in [4.78, 5) is 4.41. The number of nitrogens with zero attached hydrogens (tertiary/aromatic N) is 1. The zero-order valence-electron chi connectivity index (χ0n) is 14.4. The van der Waals surface area contributed by atoms with Gasteiger partial charge < -0.3 is 9.84 Å². The molecule has 0 radical (unpaired) electrons. The van der Waals surface area contributed by atoms with Crippen molar-refractivity contribution in [3.05, 3.63) is 21.7 Å². The highest BCUT2D eigenvalue weighted by molar-refractivity contribution is 7.09. The van der Waals surface area contributed by atoms with Crippen molar-refractivity contribution >= 4 is 17.4 Å². The Labute approximate surface area is 138 Å². The van der Waals surface area contributed by atoms with Crippen molar-refractivity contribution in [2.45, 2.75) is 78.1 Å². The number of aromatic nitrogens is 1. The lowest BCUT2D eigenvalue weighted by Crippen LogP contribution is -2.17. The number of hydrogen-bond acceptors (Lipinski definition) is 4. The standard InChI is InChI=1S/C18H29NO2S/c1-12(2)7-6-8-18(5)17(21-18)10-16(20)13(3)9-15-11-22-14(4)19-15/h9,11-12,16-17,20H,6-8,10H2,1-5H3/b13-9+/t16-,17-,18+/m0/s1. The molecular formula is C18H29NO2S. The van der Waals surface area contributed by atoms with Crippen LogP contribution in [-0.2, 0) is 4.74 Å². The van der Waals surface area contributed by atoms with Crippen LogP contribution in [0.1, 0.15) is 64.1 Å². The number of aliphatic hydroxyl groups excluding tert-OH is 1. The summed E-state index contributed by atoms with van der Waals surface area (Å²) in [6.07, 6.45) is 5.95. The maximum absolute atomic E-state index is 10.4. The van der Waals surface area contributed by atoms with Gasteiger partial charge in [-0.05, 0) is 44.8 Å². The van der Waals surface area contributed by atoms with Crippen molar-refractivity contribution in [3.63, 3.8) is 0 Å². The van der Waals surface area contributed by atoms with Gasteiger partial charge in [-0.15, -0.1) is 11.3 Å². The molecule has 0 aromatic carbocycles. The van der Waals surface area contributed by atoms with E-state index in [4.69, 9.17) is 4.74 Å². The van der Waals surface area contributed by atoms with E-state index < -0.39 is 6.10 Å². The molecular weight excluding hydrogens is 294 g/mol. The predicted octanol–water partition coefficient (Wildman–Crippen LogP) is 4.59. The van der Waals surface area contributed by atoms with Crippen LogP contribution >= 0.6 is 11.3 Å². The minimum absolute atomic E-state index is 0.0205. The summed E-state index contributed by atoms with van der Waals surface area (Å²) in [5.74, 6) is 0.748. The summed E-state index contributed by atoms with van der Waals surface area (Å²) in [6, 6.07) is 0. The van der Waals surface area contributed by atoms with Gasteiger partial charge in [0.1, 0.15) is 0 Å². The Hall–Kier alpha value is -0.710. The normalized spacial score (nSPS) is 26.5. The van der Waals surface area contributed by atoms with Crippen molar-refractivity contribution in [3.8, 4) is 0 Å². The van der Waals surface area contributed by atoms with Crippen LogP contribution in [0.4, 0.5) is 0 Å². The summed E-state index contributed by atoms with van der Waals surface area (Å²) in [5.41, 5.74) is 1.88. The number of aliphatic hydroxyl groups is 1. The predicted molar refractivity (Wildman–Crippen MR) is 93.1 cm³/mol. The highest BCUT2D eigenvalue weighted by Gasteiger charge is 2.51. The van der Waals surface area contributed by atoms with Crippen LogP contribution < -0.4 is 0 Å². The molecule has 124 valence electrons. The first kappa shape index (κ1) is 17.6. The quantitative estimate of drug-likeness (QED) is 0.712. The van der Waals surface area contributed by atoms with Gasteiger partial charge in [-0.1, -0.05) is 26.7 Å². The summed E-state index contributed by atoms with van der Waals surface area (Å²) in [7, 11) is 0. The van der Waals surface area contributed by atoms with E-state index in [0.29, 0.717) is 6.42 Å². The molecule has 3 nitrogen and oxygen atoms in total. The number of aryl methyl sites for hydroxylation is 1. The van der Waals surface area contributed by atoms with Crippen LogP contribution in [0.3, 0.4) is 0 Å². The molecule has 3 atom stereocenters. The SMILES string of the molecule is C/C(=C\c1csc(C)n1)[C@@H](O)C[C@@H]1O[C@]1(C)CCCC(C)C. The van der Waals surface area contributed by atoms with Crippen LogP contribution in [-0.4, -0.2) is 27.9 Å². The Morgan fingerprint density at radius 2 is 2.27 bits per heavy atom. The van der Waals surface area contributed by atoms with Gasteiger partial charge in [0.25, 0.3) is 0 Å². The van der Waals surface area contributed by atoms with E-state index in [1.54, 1.807) is 11.3 Å².